The van der Waals surface area contributed by atoms with Gasteiger partial charge in [-0.3, -0.25) is 0 Å². The summed E-state index contributed by atoms with van der Waals surface area (Å²) in [5.74, 6) is 1.58. The standard InChI is InChI=1S/C17H25N3O/c1-13(21)15-7-9-19(10-8-15)11-12-20-14(2)18-16-5-3-4-6-17(16)20/h3-6,13,15,21H,7-12H2,1-2H3. The van der Waals surface area contributed by atoms with Crippen LogP contribution in [-0.2, 0) is 6.54 Å². The first-order chi connectivity index (χ1) is 10.1. The lowest BCUT2D eigenvalue weighted by Gasteiger charge is -2.33. The first-order valence-electron chi connectivity index (χ1n) is 7.97. The summed E-state index contributed by atoms with van der Waals surface area (Å²) in [6, 6.07) is 8.34. The number of piperidine rings is 1. The van der Waals surface area contributed by atoms with E-state index in [0.29, 0.717) is 5.92 Å². The molecule has 0 amide bonds. The molecule has 0 radical (unpaired) electrons. The van der Waals surface area contributed by atoms with E-state index in [-0.39, 0.29) is 6.10 Å². The molecule has 3 rings (SSSR count). The molecule has 0 saturated carbocycles. The number of para-hydroxylation sites is 2. The molecular formula is C17H25N3O. The maximum atomic E-state index is 9.67. The minimum absolute atomic E-state index is 0.160. The summed E-state index contributed by atoms with van der Waals surface area (Å²) in [5, 5.41) is 9.67. The van der Waals surface area contributed by atoms with E-state index in [1.807, 2.05) is 13.0 Å². The molecule has 0 aliphatic carbocycles. The zero-order valence-electron chi connectivity index (χ0n) is 13.0. The van der Waals surface area contributed by atoms with E-state index in [1.165, 1.54) is 5.52 Å². The van der Waals surface area contributed by atoms with Crippen molar-refractivity contribution in [2.45, 2.75) is 39.3 Å². The van der Waals surface area contributed by atoms with Crippen LogP contribution in [0.3, 0.4) is 0 Å². The van der Waals surface area contributed by atoms with Gasteiger partial charge in [-0.25, -0.2) is 4.98 Å². The van der Waals surface area contributed by atoms with Crippen molar-refractivity contribution in [3.8, 4) is 0 Å². The molecule has 1 aromatic heterocycles. The van der Waals surface area contributed by atoms with Crippen LogP contribution in [0.25, 0.3) is 11.0 Å². The van der Waals surface area contributed by atoms with Gasteiger partial charge >= 0.3 is 0 Å². The van der Waals surface area contributed by atoms with Gasteiger partial charge in [0.15, 0.2) is 0 Å². The Morgan fingerprint density at radius 1 is 1.24 bits per heavy atom. The number of rotatable bonds is 4. The molecular weight excluding hydrogens is 262 g/mol. The Balaban J connectivity index is 1.61. The van der Waals surface area contributed by atoms with Crippen molar-refractivity contribution in [2.24, 2.45) is 5.92 Å². The largest absolute Gasteiger partial charge is 0.393 e. The molecule has 4 nitrogen and oxygen atoms in total. The van der Waals surface area contributed by atoms with Crippen LogP contribution in [0, 0.1) is 12.8 Å². The van der Waals surface area contributed by atoms with Crippen LogP contribution in [-0.4, -0.2) is 45.3 Å². The van der Waals surface area contributed by atoms with Crippen molar-refractivity contribution < 1.29 is 5.11 Å². The van der Waals surface area contributed by atoms with Crippen molar-refractivity contribution in [3.05, 3.63) is 30.1 Å². The number of aromatic nitrogens is 2. The monoisotopic (exact) mass is 287 g/mol. The van der Waals surface area contributed by atoms with Crippen LogP contribution < -0.4 is 0 Å². The smallest absolute Gasteiger partial charge is 0.106 e. The Morgan fingerprint density at radius 2 is 1.95 bits per heavy atom. The van der Waals surface area contributed by atoms with Gasteiger partial charge in [0.1, 0.15) is 5.82 Å². The van der Waals surface area contributed by atoms with E-state index in [0.717, 1.165) is 50.4 Å². The Kier molecular flexibility index (Phi) is 4.27. The van der Waals surface area contributed by atoms with E-state index < -0.39 is 0 Å². The van der Waals surface area contributed by atoms with Crippen molar-refractivity contribution in [3.63, 3.8) is 0 Å². The summed E-state index contributed by atoms with van der Waals surface area (Å²) < 4.78 is 2.32. The average Bonchev–Trinajstić information content (AvgIpc) is 2.81. The maximum Gasteiger partial charge on any atom is 0.106 e. The lowest BCUT2D eigenvalue weighted by atomic mass is 9.92. The maximum absolute atomic E-state index is 9.67. The van der Waals surface area contributed by atoms with Crippen molar-refractivity contribution in [1.29, 1.82) is 0 Å². The summed E-state index contributed by atoms with van der Waals surface area (Å²) in [7, 11) is 0. The molecule has 1 N–H and O–H groups in total. The molecule has 1 aliphatic rings. The second-order valence-corrected chi connectivity index (χ2v) is 6.22. The third-order valence-electron chi connectivity index (χ3n) is 4.80. The summed E-state index contributed by atoms with van der Waals surface area (Å²) in [5.41, 5.74) is 2.32. The molecule has 1 atom stereocenters. The van der Waals surface area contributed by atoms with Gasteiger partial charge in [-0.1, -0.05) is 12.1 Å². The number of aliphatic hydroxyl groups excluding tert-OH is 1. The number of nitrogens with zero attached hydrogens (tertiary/aromatic N) is 3. The number of fused-ring (bicyclic) bond motifs is 1. The quantitative estimate of drug-likeness (QED) is 0.939. The molecule has 1 fully saturated rings. The van der Waals surface area contributed by atoms with Gasteiger partial charge in [-0.05, 0) is 57.8 Å². The van der Waals surface area contributed by atoms with E-state index in [2.05, 4.69) is 39.6 Å². The number of imidazole rings is 1. The Hall–Kier alpha value is -1.39. The molecule has 2 aromatic rings. The minimum Gasteiger partial charge on any atom is -0.393 e. The molecule has 0 spiro atoms. The Morgan fingerprint density at radius 3 is 2.67 bits per heavy atom. The first-order valence-corrected chi connectivity index (χ1v) is 7.97. The lowest BCUT2D eigenvalue weighted by Crippen LogP contribution is -2.38. The van der Waals surface area contributed by atoms with Gasteiger partial charge in [0.25, 0.3) is 0 Å². The van der Waals surface area contributed by atoms with Gasteiger partial charge < -0.3 is 14.6 Å². The molecule has 21 heavy (non-hydrogen) atoms. The van der Waals surface area contributed by atoms with Crippen molar-refractivity contribution in [1.82, 2.24) is 14.5 Å². The van der Waals surface area contributed by atoms with Crippen LogP contribution in [0.2, 0.25) is 0 Å². The highest BCUT2D eigenvalue weighted by atomic mass is 16.3. The van der Waals surface area contributed by atoms with Crippen LogP contribution in [0.1, 0.15) is 25.6 Å². The number of hydrogen-bond donors (Lipinski definition) is 1. The number of hydrogen-bond acceptors (Lipinski definition) is 3. The third kappa shape index (κ3) is 3.11. The van der Waals surface area contributed by atoms with Gasteiger partial charge in [-0.15, -0.1) is 0 Å². The zero-order valence-corrected chi connectivity index (χ0v) is 13.0. The van der Waals surface area contributed by atoms with Crippen LogP contribution in [0.5, 0.6) is 0 Å². The average molecular weight is 287 g/mol. The predicted octanol–water partition coefficient (Wildman–Crippen LogP) is 2.44. The molecule has 0 bridgehead atoms. The predicted molar refractivity (Wildman–Crippen MR) is 85.3 cm³/mol. The molecule has 1 aliphatic heterocycles. The molecule has 4 heteroatoms. The second kappa shape index (κ2) is 6.16. The van der Waals surface area contributed by atoms with E-state index in [9.17, 15) is 5.11 Å². The van der Waals surface area contributed by atoms with Gasteiger partial charge in [-0.2, -0.15) is 0 Å². The van der Waals surface area contributed by atoms with Crippen molar-refractivity contribution in [2.75, 3.05) is 19.6 Å². The fourth-order valence-electron chi connectivity index (χ4n) is 3.38. The Bertz CT molecular complexity index is 597. The normalized spacial score (nSPS) is 19.2. The zero-order chi connectivity index (χ0) is 14.8. The highest BCUT2D eigenvalue weighted by molar-refractivity contribution is 5.75. The number of aliphatic hydroxyl groups is 1. The minimum atomic E-state index is -0.160. The number of benzene rings is 1. The lowest BCUT2D eigenvalue weighted by molar-refractivity contribution is 0.0708. The van der Waals surface area contributed by atoms with E-state index >= 15 is 0 Å². The Labute approximate surface area is 126 Å². The first kappa shape index (κ1) is 14.5. The fraction of sp³-hybridized carbons (Fsp3) is 0.588. The SMILES string of the molecule is Cc1nc2ccccc2n1CCN1CCC(C(C)O)CC1. The van der Waals surface area contributed by atoms with E-state index in [1.54, 1.807) is 0 Å². The summed E-state index contributed by atoms with van der Waals surface area (Å²) in [4.78, 5) is 7.13. The molecule has 2 heterocycles. The summed E-state index contributed by atoms with van der Waals surface area (Å²) >= 11 is 0. The highest BCUT2D eigenvalue weighted by Gasteiger charge is 2.22. The van der Waals surface area contributed by atoms with Gasteiger partial charge in [0.05, 0.1) is 17.1 Å². The van der Waals surface area contributed by atoms with Crippen molar-refractivity contribution >= 4 is 11.0 Å². The second-order valence-electron chi connectivity index (χ2n) is 6.22. The van der Waals surface area contributed by atoms with Gasteiger partial charge in [0, 0.05) is 13.1 Å². The van der Waals surface area contributed by atoms with Gasteiger partial charge in [0.2, 0.25) is 0 Å². The number of likely N-dealkylation sites (tertiary alicyclic amines) is 1. The van der Waals surface area contributed by atoms with Crippen LogP contribution in [0.15, 0.2) is 24.3 Å². The molecule has 1 aromatic carbocycles. The molecule has 1 saturated heterocycles. The molecule has 1 unspecified atom stereocenters. The third-order valence-corrected chi connectivity index (χ3v) is 4.80. The summed E-state index contributed by atoms with van der Waals surface area (Å²) in [6.07, 6.45) is 2.06. The van der Waals surface area contributed by atoms with E-state index in [4.69, 9.17) is 0 Å². The fourth-order valence-corrected chi connectivity index (χ4v) is 3.38. The molecule has 114 valence electrons. The summed E-state index contributed by atoms with van der Waals surface area (Å²) in [6.45, 7) is 8.25. The van der Waals surface area contributed by atoms with Crippen LogP contribution in [0.4, 0.5) is 0 Å². The topological polar surface area (TPSA) is 41.3 Å². The number of aryl methyl sites for hydroxylation is 1. The van der Waals surface area contributed by atoms with Crippen LogP contribution >= 0.6 is 0 Å². The highest BCUT2D eigenvalue weighted by Crippen LogP contribution is 2.21.